The van der Waals surface area contributed by atoms with Crippen LogP contribution in [-0.2, 0) is 0 Å². The second-order valence-electron chi connectivity index (χ2n) is 5.19. The van der Waals surface area contributed by atoms with E-state index < -0.39 is 0 Å². The van der Waals surface area contributed by atoms with Crippen LogP contribution in [0, 0.1) is 0 Å². The molecule has 1 fully saturated rings. The maximum atomic E-state index is 12.3. The monoisotopic (exact) mass is 248 g/mol. The lowest BCUT2D eigenvalue weighted by Gasteiger charge is -2.30. The van der Waals surface area contributed by atoms with E-state index in [-0.39, 0.29) is 5.91 Å². The van der Waals surface area contributed by atoms with Gasteiger partial charge in [-0.25, -0.2) is 0 Å². The number of hydrogen-bond donors (Lipinski definition) is 1. The summed E-state index contributed by atoms with van der Waals surface area (Å²) in [5.41, 5.74) is 1.91. The second kappa shape index (κ2) is 5.40. The molecule has 1 aromatic carbocycles. The third kappa shape index (κ3) is 2.82. The van der Waals surface area contributed by atoms with E-state index in [0.717, 1.165) is 37.4 Å². The van der Waals surface area contributed by atoms with Crippen molar-refractivity contribution in [1.29, 1.82) is 0 Å². The molecule has 4 nitrogen and oxygen atoms in total. The van der Waals surface area contributed by atoms with Crippen molar-refractivity contribution in [3.8, 4) is 0 Å². The number of quaternary nitrogens is 1. The van der Waals surface area contributed by atoms with Crippen LogP contribution in [0.1, 0.15) is 10.4 Å². The summed E-state index contributed by atoms with van der Waals surface area (Å²) in [5.74, 6) is 0.160. The van der Waals surface area contributed by atoms with E-state index in [9.17, 15) is 4.79 Å². The molecule has 0 unspecified atom stereocenters. The zero-order valence-electron chi connectivity index (χ0n) is 11.4. The van der Waals surface area contributed by atoms with Crippen molar-refractivity contribution >= 4 is 11.6 Å². The number of amides is 1. The molecule has 1 saturated heterocycles. The summed E-state index contributed by atoms with van der Waals surface area (Å²) >= 11 is 0. The van der Waals surface area contributed by atoms with Crippen LogP contribution >= 0.6 is 0 Å². The Morgan fingerprint density at radius 3 is 2.22 bits per heavy atom. The molecule has 0 aliphatic carbocycles. The molecule has 4 heteroatoms. The summed E-state index contributed by atoms with van der Waals surface area (Å²) in [6.07, 6.45) is 0. The first kappa shape index (κ1) is 12.9. The van der Waals surface area contributed by atoms with Crippen molar-refractivity contribution in [2.24, 2.45) is 0 Å². The lowest BCUT2D eigenvalue weighted by Crippen LogP contribution is -3.12. The van der Waals surface area contributed by atoms with Crippen LogP contribution in [0.25, 0.3) is 0 Å². The largest absolute Gasteiger partial charge is 0.378 e. The van der Waals surface area contributed by atoms with Gasteiger partial charge in [0.2, 0.25) is 0 Å². The number of carbonyl (C=O) groups excluding carboxylic acids is 1. The SMILES string of the molecule is CN(C)c1ccc(C(=O)N2CC[NH+](C)CC2)cc1. The molecule has 0 bridgehead atoms. The average Bonchev–Trinajstić information content (AvgIpc) is 2.39. The number of carbonyl (C=O) groups is 1. The van der Waals surface area contributed by atoms with E-state index in [1.54, 1.807) is 0 Å². The van der Waals surface area contributed by atoms with Crippen LogP contribution in [0.4, 0.5) is 5.69 Å². The highest BCUT2D eigenvalue weighted by atomic mass is 16.2. The fourth-order valence-electron chi connectivity index (χ4n) is 2.18. The fraction of sp³-hybridized carbons (Fsp3) is 0.500. The van der Waals surface area contributed by atoms with Gasteiger partial charge in [0.15, 0.2) is 0 Å². The van der Waals surface area contributed by atoms with E-state index in [1.165, 1.54) is 4.90 Å². The second-order valence-corrected chi connectivity index (χ2v) is 5.19. The van der Waals surface area contributed by atoms with E-state index in [0.29, 0.717) is 0 Å². The third-order valence-corrected chi connectivity index (χ3v) is 3.53. The third-order valence-electron chi connectivity index (χ3n) is 3.53. The Morgan fingerprint density at radius 1 is 1.17 bits per heavy atom. The zero-order valence-corrected chi connectivity index (χ0v) is 11.4. The first-order valence-electron chi connectivity index (χ1n) is 6.46. The van der Waals surface area contributed by atoms with Crippen molar-refractivity contribution in [3.63, 3.8) is 0 Å². The number of anilines is 1. The van der Waals surface area contributed by atoms with Gasteiger partial charge in [-0.15, -0.1) is 0 Å². The molecule has 1 aromatic rings. The molecule has 0 radical (unpaired) electrons. The quantitative estimate of drug-likeness (QED) is 0.780. The smallest absolute Gasteiger partial charge is 0.254 e. The first-order chi connectivity index (χ1) is 8.58. The van der Waals surface area contributed by atoms with Gasteiger partial charge in [-0.05, 0) is 24.3 Å². The normalized spacial score (nSPS) is 16.7. The molecule has 98 valence electrons. The van der Waals surface area contributed by atoms with Crippen molar-refractivity contribution in [1.82, 2.24) is 4.90 Å². The molecule has 0 atom stereocenters. The van der Waals surface area contributed by atoms with Crippen LogP contribution in [0.15, 0.2) is 24.3 Å². The van der Waals surface area contributed by atoms with Crippen LogP contribution in [0.3, 0.4) is 0 Å². The number of likely N-dealkylation sites (N-methyl/N-ethyl adjacent to an activating group) is 1. The average molecular weight is 248 g/mol. The predicted molar refractivity (Wildman–Crippen MR) is 73.3 cm³/mol. The summed E-state index contributed by atoms with van der Waals surface area (Å²) in [5, 5.41) is 0. The fourth-order valence-corrected chi connectivity index (χ4v) is 2.18. The molecule has 18 heavy (non-hydrogen) atoms. The maximum absolute atomic E-state index is 12.3. The van der Waals surface area contributed by atoms with E-state index in [4.69, 9.17) is 0 Å². The number of benzene rings is 1. The summed E-state index contributed by atoms with van der Waals surface area (Å²) in [4.78, 5) is 17.8. The number of nitrogens with one attached hydrogen (secondary N) is 1. The Kier molecular flexibility index (Phi) is 3.87. The molecule has 0 saturated carbocycles. The molecule has 0 aromatic heterocycles. The molecule has 1 N–H and O–H groups in total. The Hall–Kier alpha value is -1.55. The zero-order chi connectivity index (χ0) is 13.1. The van der Waals surface area contributed by atoms with E-state index in [1.807, 2.05) is 48.2 Å². The van der Waals surface area contributed by atoms with Crippen LogP contribution in [-0.4, -0.2) is 58.1 Å². The van der Waals surface area contributed by atoms with Crippen molar-refractivity contribution in [2.45, 2.75) is 0 Å². The Morgan fingerprint density at radius 2 is 1.72 bits per heavy atom. The molecule has 1 amide bonds. The summed E-state index contributed by atoms with van der Waals surface area (Å²) < 4.78 is 0. The van der Waals surface area contributed by atoms with Gasteiger partial charge < -0.3 is 14.7 Å². The molecule has 1 heterocycles. The highest BCUT2D eigenvalue weighted by Crippen LogP contribution is 2.13. The minimum Gasteiger partial charge on any atom is -0.378 e. The van der Waals surface area contributed by atoms with E-state index >= 15 is 0 Å². The Labute approximate surface area is 109 Å². The molecular formula is C14H22N3O+. The van der Waals surface area contributed by atoms with Gasteiger partial charge in [0.25, 0.3) is 5.91 Å². The summed E-state index contributed by atoms with van der Waals surface area (Å²) in [6, 6.07) is 7.83. The predicted octanol–water partition coefficient (Wildman–Crippen LogP) is -0.277. The Balaban J connectivity index is 2.04. The van der Waals surface area contributed by atoms with Gasteiger partial charge in [0, 0.05) is 25.3 Å². The van der Waals surface area contributed by atoms with Crippen molar-refractivity contribution in [2.75, 3.05) is 52.2 Å². The number of piperazine rings is 1. The molecule has 0 spiro atoms. The van der Waals surface area contributed by atoms with E-state index in [2.05, 4.69) is 7.05 Å². The van der Waals surface area contributed by atoms with Crippen molar-refractivity contribution in [3.05, 3.63) is 29.8 Å². The minimum absolute atomic E-state index is 0.160. The molecule has 1 aliphatic heterocycles. The van der Waals surface area contributed by atoms with Gasteiger partial charge in [0.1, 0.15) is 0 Å². The highest BCUT2D eigenvalue weighted by molar-refractivity contribution is 5.94. The van der Waals surface area contributed by atoms with Gasteiger partial charge in [-0.2, -0.15) is 0 Å². The number of rotatable bonds is 2. The van der Waals surface area contributed by atoms with Gasteiger partial charge in [0.05, 0.1) is 33.2 Å². The first-order valence-corrected chi connectivity index (χ1v) is 6.46. The number of hydrogen-bond acceptors (Lipinski definition) is 2. The van der Waals surface area contributed by atoms with Crippen LogP contribution in [0.2, 0.25) is 0 Å². The van der Waals surface area contributed by atoms with Gasteiger partial charge >= 0.3 is 0 Å². The van der Waals surface area contributed by atoms with Gasteiger partial charge in [-0.3, -0.25) is 4.79 Å². The molecule has 1 aliphatic rings. The molecular weight excluding hydrogens is 226 g/mol. The standard InChI is InChI=1S/C14H21N3O/c1-15(2)13-6-4-12(5-7-13)14(18)17-10-8-16(3)9-11-17/h4-7H,8-11H2,1-3H3/p+1. The summed E-state index contributed by atoms with van der Waals surface area (Å²) in [6.45, 7) is 3.81. The maximum Gasteiger partial charge on any atom is 0.254 e. The Bertz CT molecular complexity index is 406. The summed E-state index contributed by atoms with van der Waals surface area (Å²) in [7, 11) is 6.17. The van der Waals surface area contributed by atoms with Crippen LogP contribution in [0.5, 0.6) is 0 Å². The lowest BCUT2D eigenvalue weighted by atomic mass is 10.1. The lowest BCUT2D eigenvalue weighted by molar-refractivity contribution is -0.883. The minimum atomic E-state index is 0.160. The molecule has 2 rings (SSSR count). The highest BCUT2D eigenvalue weighted by Gasteiger charge is 2.22. The topological polar surface area (TPSA) is 28.0 Å². The van der Waals surface area contributed by atoms with Gasteiger partial charge in [-0.1, -0.05) is 0 Å². The number of nitrogens with zero attached hydrogens (tertiary/aromatic N) is 2. The van der Waals surface area contributed by atoms with Crippen LogP contribution < -0.4 is 9.80 Å². The van der Waals surface area contributed by atoms with Crippen molar-refractivity contribution < 1.29 is 9.69 Å².